The van der Waals surface area contributed by atoms with Crippen molar-refractivity contribution in [2.24, 2.45) is 0 Å². The summed E-state index contributed by atoms with van der Waals surface area (Å²) in [7, 11) is -7.36. The Morgan fingerprint density at radius 1 is 1.15 bits per heavy atom. The zero-order valence-corrected chi connectivity index (χ0v) is 16.4. The van der Waals surface area contributed by atoms with Crippen molar-refractivity contribution in [1.29, 1.82) is 0 Å². The Bertz CT molecular complexity index is 1050. The maximum absolute atomic E-state index is 13.3. The number of nitrogens with zero attached hydrogens (tertiary/aromatic N) is 1. The van der Waals surface area contributed by atoms with Gasteiger partial charge in [0.05, 0.1) is 16.7 Å². The summed E-state index contributed by atoms with van der Waals surface area (Å²) in [4.78, 5) is 0.0821. The molecule has 0 aromatic heterocycles. The van der Waals surface area contributed by atoms with Crippen molar-refractivity contribution in [3.8, 4) is 0 Å². The molecule has 0 fully saturated rings. The molecule has 1 atom stereocenters. The molecule has 26 heavy (non-hydrogen) atoms. The highest BCUT2D eigenvalue weighted by atomic mass is 35.5. The lowest BCUT2D eigenvalue weighted by Crippen LogP contribution is -2.40. The molecule has 0 aliphatic carbocycles. The van der Waals surface area contributed by atoms with Gasteiger partial charge in [-0.3, -0.25) is 0 Å². The maximum Gasteiger partial charge on any atom is 0.244 e. The number of aryl methyl sites for hydroxylation is 1. The monoisotopic (exact) mass is 411 g/mol. The molecule has 0 saturated carbocycles. The van der Waals surface area contributed by atoms with Crippen molar-refractivity contribution in [3.05, 3.63) is 76.2 Å². The van der Waals surface area contributed by atoms with E-state index in [1.54, 1.807) is 31.2 Å². The van der Waals surface area contributed by atoms with Crippen LogP contribution in [0.15, 0.2) is 64.9 Å². The van der Waals surface area contributed by atoms with E-state index in [1.165, 1.54) is 16.4 Å². The first-order valence-electron chi connectivity index (χ1n) is 7.92. The van der Waals surface area contributed by atoms with Crippen molar-refractivity contribution in [3.63, 3.8) is 0 Å². The third-order valence-electron chi connectivity index (χ3n) is 4.20. The number of rotatable bonds is 5. The first-order chi connectivity index (χ1) is 12.2. The van der Waals surface area contributed by atoms with Gasteiger partial charge in [-0.05, 0) is 30.2 Å². The van der Waals surface area contributed by atoms with E-state index in [0.717, 1.165) is 11.0 Å². The molecular weight excluding hydrogens is 394 g/mol. The zero-order chi connectivity index (χ0) is 18.9. The second-order valence-corrected chi connectivity index (χ2v) is 10.4. The van der Waals surface area contributed by atoms with Crippen LogP contribution in [0, 0.1) is 6.92 Å². The molecule has 0 spiro atoms. The predicted octanol–water partition coefficient (Wildman–Crippen LogP) is 3.15. The van der Waals surface area contributed by atoms with E-state index >= 15 is 0 Å². The van der Waals surface area contributed by atoms with Gasteiger partial charge in [-0.1, -0.05) is 54.1 Å². The fourth-order valence-corrected chi connectivity index (χ4v) is 6.31. The maximum atomic E-state index is 13.3. The molecule has 0 bridgehead atoms. The number of hydrogen-bond donors (Lipinski definition) is 0. The number of sulfonamides is 1. The Labute approximate surface area is 158 Å². The lowest BCUT2D eigenvalue weighted by Gasteiger charge is -2.27. The average molecular weight is 412 g/mol. The van der Waals surface area contributed by atoms with Crippen LogP contribution < -0.4 is 0 Å². The van der Waals surface area contributed by atoms with Crippen LogP contribution in [0.3, 0.4) is 0 Å². The van der Waals surface area contributed by atoms with Gasteiger partial charge in [0, 0.05) is 17.0 Å². The molecule has 1 aliphatic heterocycles. The number of sulfone groups is 1. The molecular formula is C18H18ClNO4S2. The Morgan fingerprint density at radius 3 is 2.46 bits per heavy atom. The van der Waals surface area contributed by atoms with E-state index in [9.17, 15) is 16.8 Å². The predicted molar refractivity (Wildman–Crippen MR) is 102 cm³/mol. The summed E-state index contributed by atoms with van der Waals surface area (Å²) in [5.74, 6) is -0.265. The molecule has 0 N–H and O–H groups in total. The molecule has 0 radical (unpaired) electrons. The largest absolute Gasteiger partial charge is 0.244 e. The Morgan fingerprint density at radius 2 is 1.85 bits per heavy atom. The van der Waals surface area contributed by atoms with Crippen molar-refractivity contribution >= 4 is 31.5 Å². The van der Waals surface area contributed by atoms with Gasteiger partial charge in [-0.2, -0.15) is 4.31 Å². The van der Waals surface area contributed by atoms with Crippen LogP contribution in [0.4, 0.5) is 0 Å². The van der Waals surface area contributed by atoms with Crippen molar-refractivity contribution in [1.82, 2.24) is 4.31 Å². The fraction of sp³-hybridized carbons (Fsp3) is 0.222. The van der Waals surface area contributed by atoms with Crippen LogP contribution in [0.25, 0.3) is 0 Å². The Balaban J connectivity index is 2.07. The number of halogens is 1. The van der Waals surface area contributed by atoms with Crippen LogP contribution in [0.1, 0.15) is 11.1 Å². The minimum absolute atomic E-state index is 0.0691. The van der Waals surface area contributed by atoms with Gasteiger partial charge < -0.3 is 0 Å². The summed E-state index contributed by atoms with van der Waals surface area (Å²) < 4.78 is 51.6. The van der Waals surface area contributed by atoms with Crippen LogP contribution in [0.5, 0.6) is 0 Å². The van der Waals surface area contributed by atoms with Crippen molar-refractivity contribution < 1.29 is 16.8 Å². The first kappa shape index (κ1) is 19.1. The van der Waals surface area contributed by atoms with Gasteiger partial charge in [0.1, 0.15) is 0 Å². The van der Waals surface area contributed by atoms with Crippen LogP contribution in [-0.4, -0.2) is 32.9 Å². The minimum atomic E-state index is -3.95. The number of hydrogen-bond acceptors (Lipinski definition) is 4. The van der Waals surface area contributed by atoms with Gasteiger partial charge >= 0.3 is 0 Å². The van der Waals surface area contributed by atoms with Gasteiger partial charge in [-0.25, -0.2) is 16.8 Å². The van der Waals surface area contributed by atoms with Crippen LogP contribution in [-0.2, 0) is 26.4 Å². The van der Waals surface area contributed by atoms with E-state index in [4.69, 9.17) is 11.6 Å². The molecule has 8 heteroatoms. The summed E-state index contributed by atoms with van der Waals surface area (Å²) in [6.07, 6.45) is 1.43. The van der Waals surface area contributed by atoms with Gasteiger partial charge in [0.15, 0.2) is 9.84 Å². The number of benzene rings is 2. The molecule has 1 heterocycles. The van der Waals surface area contributed by atoms with Crippen LogP contribution in [0.2, 0.25) is 5.02 Å². The standard InChI is InChI=1S/C18H18ClNO4S2/c1-14-7-8-16(19)11-18(14)26(23,24)20(12-15-5-3-2-4-6-15)17-9-10-25(21,22)13-17/h2-11,17H,12-13H2,1H3/t17-/m1/s1. The SMILES string of the molecule is Cc1ccc(Cl)cc1S(=O)(=O)N(Cc1ccccc1)[C@@H]1C=CS(=O)(=O)C1. The van der Waals surface area contributed by atoms with Crippen molar-refractivity contribution in [2.75, 3.05) is 5.75 Å². The highest BCUT2D eigenvalue weighted by Gasteiger charge is 2.36. The molecule has 0 saturated heterocycles. The summed E-state index contributed by atoms with van der Waals surface area (Å²) in [5.41, 5.74) is 1.32. The molecule has 2 aromatic carbocycles. The van der Waals surface area contributed by atoms with E-state index in [0.29, 0.717) is 10.6 Å². The highest BCUT2D eigenvalue weighted by Crippen LogP contribution is 2.29. The second kappa shape index (κ2) is 7.15. The molecule has 5 nitrogen and oxygen atoms in total. The van der Waals surface area contributed by atoms with E-state index in [2.05, 4.69) is 0 Å². The van der Waals surface area contributed by atoms with Gasteiger partial charge in [0.2, 0.25) is 10.0 Å². The van der Waals surface area contributed by atoms with Gasteiger partial charge in [0.25, 0.3) is 0 Å². The highest BCUT2D eigenvalue weighted by molar-refractivity contribution is 7.94. The van der Waals surface area contributed by atoms with E-state index < -0.39 is 25.9 Å². The molecule has 0 amide bonds. The molecule has 3 rings (SSSR count). The fourth-order valence-electron chi connectivity index (χ4n) is 2.86. The summed E-state index contributed by atoms with van der Waals surface area (Å²) in [6.45, 7) is 1.75. The summed E-state index contributed by atoms with van der Waals surface area (Å²) in [6, 6.07) is 13.0. The Kier molecular flexibility index (Phi) is 5.25. The molecule has 1 aliphatic rings. The minimum Gasteiger partial charge on any atom is -0.224 e. The lowest BCUT2D eigenvalue weighted by atomic mass is 10.2. The third-order valence-corrected chi connectivity index (χ3v) is 7.83. The smallest absolute Gasteiger partial charge is 0.224 e. The normalized spacial score (nSPS) is 19.1. The second-order valence-electron chi connectivity index (χ2n) is 6.17. The van der Waals surface area contributed by atoms with Crippen molar-refractivity contribution in [2.45, 2.75) is 24.4 Å². The average Bonchev–Trinajstić information content (AvgIpc) is 2.95. The summed E-state index contributed by atoms with van der Waals surface area (Å²) >= 11 is 6.00. The lowest BCUT2D eigenvalue weighted by molar-refractivity contribution is 0.375. The summed E-state index contributed by atoms with van der Waals surface area (Å²) in [5, 5.41) is 1.39. The molecule has 0 unspecified atom stereocenters. The first-order valence-corrected chi connectivity index (χ1v) is 11.5. The zero-order valence-electron chi connectivity index (χ0n) is 14.0. The quantitative estimate of drug-likeness (QED) is 0.757. The Hall–Kier alpha value is -1.67. The third kappa shape index (κ3) is 4.01. The topological polar surface area (TPSA) is 71.5 Å². The molecule has 2 aromatic rings. The van der Waals surface area contributed by atoms with E-state index in [-0.39, 0.29) is 17.2 Å². The van der Waals surface area contributed by atoms with Gasteiger partial charge in [-0.15, -0.1) is 0 Å². The van der Waals surface area contributed by atoms with Crippen LogP contribution >= 0.6 is 11.6 Å². The van der Waals surface area contributed by atoms with E-state index in [1.807, 2.05) is 18.2 Å². The molecule has 138 valence electrons.